The molecule has 166 valence electrons. The molecule has 2 amide bonds. The number of benzene rings is 1. The van der Waals surface area contributed by atoms with Gasteiger partial charge in [0.05, 0.1) is 10.6 Å². The normalized spacial score (nSPS) is 22.4. The lowest BCUT2D eigenvalue weighted by molar-refractivity contribution is -0.125. The molecule has 2 aliphatic heterocycles. The summed E-state index contributed by atoms with van der Waals surface area (Å²) >= 11 is 0. The number of unbranched alkanes of at least 4 members (excludes halogenated alkanes) is 1. The van der Waals surface area contributed by atoms with E-state index in [-0.39, 0.29) is 41.7 Å². The molecule has 2 heterocycles. The number of nitrogens with zero attached hydrogens (tertiary/aromatic N) is 2. The van der Waals surface area contributed by atoms with Gasteiger partial charge in [0.25, 0.3) is 5.91 Å². The lowest BCUT2D eigenvalue weighted by Crippen LogP contribution is -2.45. The molecule has 2 atom stereocenters. The molecule has 1 fully saturated rings. The van der Waals surface area contributed by atoms with E-state index >= 15 is 0 Å². The van der Waals surface area contributed by atoms with Crippen LogP contribution in [0.25, 0.3) is 0 Å². The molecular weight excluding hydrogens is 406 g/mol. The third kappa shape index (κ3) is 4.95. The van der Waals surface area contributed by atoms with Crippen LogP contribution in [0.2, 0.25) is 0 Å². The molecule has 0 spiro atoms. The van der Waals surface area contributed by atoms with Crippen LogP contribution in [0.5, 0.6) is 5.75 Å². The standard InChI is InChI=1S/C21H31N3O5S/c1-4-5-8-22-20(25)13-24-18-10-17(6-7-19(18)29-14-21(24)26)30(27,28)23-11-15(2)9-16(3)12-23/h6-7,10,15-16H,4-5,8-9,11-14H2,1-3H3,(H,22,25)/t15-,16-/m1/s1. The highest BCUT2D eigenvalue weighted by molar-refractivity contribution is 7.89. The molecule has 1 aromatic carbocycles. The van der Waals surface area contributed by atoms with Gasteiger partial charge in [-0.25, -0.2) is 8.42 Å². The Morgan fingerprint density at radius 3 is 2.60 bits per heavy atom. The Kier molecular flexibility index (Phi) is 7.02. The summed E-state index contributed by atoms with van der Waals surface area (Å²) in [5.74, 6) is 0.318. The van der Waals surface area contributed by atoms with E-state index in [1.165, 1.54) is 21.3 Å². The molecule has 1 N–H and O–H groups in total. The zero-order valence-electron chi connectivity index (χ0n) is 17.9. The second-order valence-electron chi connectivity index (χ2n) is 8.37. The van der Waals surface area contributed by atoms with Crippen molar-refractivity contribution in [3.05, 3.63) is 18.2 Å². The number of carbonyl (C=O) groups excluding carboxylic acids is 2. The smallest absolute Gasteiger partial charge is 0.265 e. The summed E-state index contributed by atoms with van der Waals surface area (Å²) in [5.41, 5.74) is 0.316. The SMILES string of the molecule is CCCCNC(=O)CN1C(=O)COc2ccc(S(=O)(=O)N3C[C@H](C)C[C@@H](C)C3)cc21. The second-order valence-corrected chi connectivity index (χ2v) is 10.3. The van der Waals surface area contributed by atoms with Crippen molar-refractivity contribution in [1.29, 1.82) is 0 Å². The number of piperidine rings is 1. The van der Waals surface area contributed by atoms with Crippen LogP contribution in [0.3, 0.4) is 0 Å². The molecule has 30 heavy (non-hydrogen) atoms. The number of rotatable bonds is 7. The number of ether oxygens (including phenoxy) is 1. The number of nitrogens with one attached hydrogen (secondary N) is 1. The molecule has 0 radical (unpaired) electrons. The van der Waals surface area contributed by atoms with Gasteiger partial charge in [0.1, 0.15) is 12.3 Å². The van der Waals surface area contributed by atoms with Crippen molar-refractivity contribution in [3.63, 3.8) is 0 Å². The van der Waals surface area contributed by atoms with E-state index in [0.29, 0.717) is 31.1 Å². The van der Waals surface area contributed by atoms with Gasteiger partial charge in [0, 0.05) is 19.6 Å². The zero-order chi connectivity index (χ0) is 21.9. The Morgan fingerprint density at radius 1 is 1.23 bits per heavy atom. The van der Waals surface area contributed by atoms with Crippen molar-refractivity contribution in [2.24, 2.45) is 11.8 Å². The average molecular weight is 438 g/mol. The first-order valence-corrected chi connectivity index (χ1v) is 12.0. The number of sulfonamides is 1. The number of hydrogen-bond donors (Lipinski definition) is 1. The predicted octanol–water partition coefficient (Wildman–Crippen LogP) is 1.99. The first kappa shape index (κ1) is 22.6. The fraction of sp³-hybridized carbons (Fsp3) is 0.619. The van der Waals surface area contributed by atoms with Crippen LogP contribution in [-0.2, 0) is 19.6 Å². The minimum absolute atomic E-state index is 0.109. The third-order valence-corrected chi connectivity index (χ3v) is 7.33. The van der Waals surface area contributed by atoms with Crippen LogP contribution in [-0.4, -0.2) is 57.3 Å². The third-order valence-electron chi connectivity index (χ3n) is 5.50. The number of hydrogen-bond acceptors (Lipinski definition) is 5. The molecule has 0 aliphatic carbocycles. The monoisotopic (exact) mass is 437 g/mol. The molecule has 1 aromatic rings. The summed E-state index contributed by atoms with van der Waals surface area (Å²) in [4.78, 5) is 26.1. The van der Waals surface area contributed by atoms with Gasteiger partial charge in [-0.3, -0.25) is 14.5 Å². The zero-order valence-corrected chi connectivity index (χ0v) is 18.7. The van der Waals surface area contributed by atoms with Crippen LogP contribution < -0.4 is 15.0 Å². The second kappa shape index (κ2) is 9.34. The number of fused-ring (bicyclic) bond motifs is 1. The summed E-state index contributed by atoms with van der Waals surface area (Å²) in [7, 11) is -3.71. The maximum atomic E-state index is 13.3. The number of anilines is 1. The summed E-state index contributed by atoms with van der Waals surface area (Å²) < 4.78 is 33.5. The van der Waals surface area contributed by atoms with Crippen molar-refractivity contribution in [2.45, 2.75) is 44.9 Å². The largest absolute Gasteiger partial charge is 0.482 e. The molecule has 0 aromatic heterocycles. The molecule has 8 nitrogen and oxygen atoms in total. The van der Waals surface area contributed by atoms with E-state index in [9.17, 15) is 18.0 Å². The number of amides is 2. The lowest BCUT2D eigenvalue weighted by Gasteiger charge is -2.34. The summed E-state index contributed by atoms with van der Waals surface area (Å²) in [6, 6.07) is 4.52. The molecule has 0 unspecified atom stereocenters. The summed E-state index contributed by atoms with van der Waals surface area (Å²) in [5, 5.41) is 2.79. The first-order chi connectivity index (χ1) is 14.2. The van der Waals surface area contributed by atoms with Crippen molar-refractivity contribution >= 4 is 27.5 Å². The van der Waals surface area contributed by atoms with Gasteiger partial charge in [-0.15, -0.1) is 0 Å². The molecule has 3 rings (SSSR count). The van der Waals surface area contributed by atoms with Crippen molar-refractivity contribution < 1.29 is 22.7 Å². The minimum atomic E-state index is -3.71. The molecule has 2 aliphatic rings. The van der Waals surface area contributed by atoms with Crippen LogP contribution in [0, 0.1) is 11.8 Å². The Bertz CT molecular complexity index is 892. The maximum absolute atomic E-state index is 13.3. The van der Waals surface area contributed by atoms with E-state index in [1.807, 2.05) is 6.92 Å². The Hall–Kier alpha value is -2.13. The highest BCUT2D eigenvalue weighted by Crippen LogP contribution is 2.36. The van der Waals surface area contributed by atoms with Gasteiger partial charge >= 0.3 is 0 Å². The Balaban J connectivity index is 1.86. The van der Waals surface area contributed by atoms with Crippen LogP contribution >= 0.6 is 0 Å². The molecular formula is C21H31N3O5S. The van der Waals surface area contributed by atoms with Gasteiger partial charge in [-0.1, -0.05) is 27.2 Å². The van der Waals surface area contributed by atoms with Gasteiger partial charge in [-0.2, -0.15) is 4.31 Å². The minimum Gasteiger partial charge on any atom is -0.482 e. The van der Waals surface area contributed by atoms with Crippen molar-refractivity contribution in [2.75, 3.05) is 37.7 Å². The highest BCUT2D eigenvalue weighted by Gasteiger charge is 2.34. The fourth-order valence-corrected chi connectivity index (χ4v) is 5.77. The quantitative estimate of drug-likeness (QED) is 0.658. The molecule has 0 bridgehead atoms. The molecule has 9 heteroatoms. The van der Waals surface area contributed by atoms with E-state index in [0.717, 1.165) is 19.3 Å². The summed E-state index contributed by atoms with van der Waals surface area (Å²) in [6.45, 7) is 7.28. The topological polar surface area (TPSA) is 96.0 Å². The summed E-state index contributed by atoms with van der Waals surface area (Å²) in [6.07, 6.45) is 2.81. The van der Waals surface area contributed by atoms with E-state index < -0.39 is 10.0 Å². The van der Waals surface area contributed by atoms with E-state index in [4.69, 9.17) is 4.74 Å². The van der Waals surface area contributed by atoms with Gasteiger partial charge in [0.2, 0.25) is 15.9 Å². The Labute approximate surface area is 178 Å². The van der Waals surface area contributed by atoms with Crippen molar-refractivity contribution in [1.82, 2.24) is 9.62 Å². The van der Waals surface area contributed by atoms with Gasteiger partial charge in [-0.05, 0) is 42.9 Å². The van der Waals surface area contributed by atoms with Gasteiger partial charge in [0.15, 0.2) is 6.61 Å². The lowest BCUT2D eigenvalue weighted by atomic mass is 9.94. The van der Waals surface area contributed by atoms with E-state index in [2.05, 4.69) is 19.2 Å². The van der Waals surface area contributed by atoms with Crippen molar-refractivity contribution in [3.8, 4) is 5.75 Å². The van der Waals surface area contributed by atoms with Crippen LogP contribution in [0.1, 0.15) is 40.0 Å². The highest BCUT2D eigenvalue weighted by atomic mass is 32.2. The predicted molar refractivity (Wildman–Crippen MR) is 114 cm³/mol. The average Bonchev–Trinajstić information content (AvgIpc) is 2.69. The van der Waals surface area contributed by atoms with Crippen LogP contribution in [0.4, 0.5) is 5.69 Å². The molecule has 1 saturated heterocycles. The Morgan fingerprint density at radius 2 is 1.93 bits per heavy atom. The van der Waals surface area contributed by atoms with E-state index in [1.54, 1.807) is 6.07 Å². The number of carbonyl (C=O) groups is 2. The fourth-order valence-electron chi connectivity index (χ4n) is 4.07. The van der Waals surface area contributed by atoms with Gasteiger partial charge < -0.3 is 10.1 Å². The maximum Gasteiger partial charge on any atom is 0.265 e. The van der Waals surface area contributed by atoms with Crippen LogP contribution in [0.15, 0.2) is 23.1 Å². The molecule has 0 saturated carbocycles. The first-order valence-electron chi connectivity index (χ1n) is 10.6.